The Bertz CT molecular complexity index is 440. The van der Waals surface area contributed by atoms with Crippen LogP contribution in [0.5, 0.6) is 0 Å². The molecule has 0 aliphatic carbocycles. The SMILES string of the molecule is O=C(OO)c1occc1Cc1ccco1. The molecule has 0 aliphatic rings. The lowest BCUT2D eigenvalue weighted by Gasteiger charge is -1.96. The van der Waals surface area contributed by atoms with Crippen molar-refractivity contribution in [3.63, 3.8) is 0 Å². The first-order valence-corrected chi connectivity index (χ1v) is 4.25. The molecule has 0 unspecified atom stereocenters. The first-order valence-electron chi connectivity index (χ1n) is 4.25. The zero-order valence-electron chi connectivity index (χ0n) is 7.67. The number of hydrogen-bond donors (Lipinski definition) is 1. The molecule has 0 bridgehead atoms. The summed E-state index contributed by atoms with van der Waals surface area (Å²) >= 11 is 0. The Hall–Kier alpha value is -2.01. The van der Waals surface area contributed by atoms with Gasteiger partial charge < -0.3 is 8.83 Å². The minimum absolute atomic E-state index is 0.0195. The Morgan fingerprint density at radius 2 is 2.20 bits per heavy atom. The second-order valence-corrected chi connectivity index (χ2v) is 2.91. The summed E-state index contributed by atoms with van der Waals surface area (Å²) in [6, 6.07) is 5.15. The molecule has 78 valence electrons. The number of hydrogen-bond acceptors (Lipinski definition) is 5. The van der Waals surface area contributed by atoms with Crippen molar-refractivity contribution in [2.24, 2.45) is 0 Å². The van der Waals surface area contributed by atoms with Crippen LogP contribution in [0.3, 0.4) is 0 Å². The van der Waals surface area contributed by atoms with E-state index < -0.39 is 5.97 Å². The van der Waals surface area contributed by atoms with Crippen molar-refractivity contribution in [1.82, 2.24) is 0 Å². The maximum Gasteiger partial charge on any atom is 0.407 e. The van der Waals surface area contributed by atoms with E-state index in [1.165, 1.54) is 6.26 Å². The standard InChI is InChI=1S/C10H8O5/c11-10(15-12)9-7(3-5-14-9)6-8-2-1-4-13-8/h1-5,12H,6H2. The minimum atomic E-state index is -0.915. The van der Waals surface area contributed by atoms with Crippen molar-refractivity contribution in [2.45, 2.75) is 6.42 Å². The molecule has 2 aromatic heterocycles. The topological polar surface area (TPSA) is 72.8 Å². The lowest BCUT2D eigenvalue weighted by Crippen LogP contribution is -2.03. The molecule has 1 N–H and O–H groups in total. The van der Waals surface area contributed by atoms with Crippen molar-refractivity contribution < 1.29 is 23.8 Å². The molecule has 0 fully saturated rings. The van der Waals surface area contributed by atoms with Gasteiger partial charge in [-0.3, -0.25) is 4.89 Å². The summed E-state index contributed by atoms with van der Waals surface area (Å²) in [4.78, 5) is 14.6. The van der Waals surface area contributed by atoms with Gasteiger partial charge in [0.15, 0.2) is 0 Å². The Kier molecular flexibility index (Phi) is 2.55. The molecule has 5 nitrogen and oxygen atoms in total. The summed E-state index contributed by atoms with van der Waals surface area (Å²) in [5, 5.41) is 8.22. The fourth-order valence-corrected chi connectivity index (χ4v) is 1.30. The lowest BCUT2D eigenvalue weighted by molar-refractivity contribution is -0.184. The molecule has 2 rings (SSSR count). The van der Waals surface area contributed by atoms with E-state index in [-0.39, 0.29) is 5.76 Å². The van der Waals surface area contributed by atoms with Crippen LogP contribution in [0.25, 0.3) is 0 Å². The van der Waals surface area contributed by atoms with E-state index in [9.17, 15) is 4.79 Å². The number of carbonyl (C=O) groups excluding carboxylic acids is 1. The van der Waals surface area contributed by atoms with E-state index in [1.54, 1.807) is 24.5 Å². The predicted octanol–water partition coefficient (Wildman–Crippen LogP) is 2.09. The van der Waals surface area contributed by atoms with Crippen LogP contribution in [0.4, 0.5) is 0 Å². The van der Waals surface area contributed by atoms with Gasteiger partial charge in [0, 0.05) is 12.0 Å². The average molecular weight is 208 g/mol. The summed E-state index contributed by atoms with van der Waals surface area (Å²) in [7, 11) is 0. The summed E-state index contributed by atoms with van der Waals surface area (Å²) in [5.41, 5.74) is 0.601. The molecule has 0 amide bonds. The Morgan fingerprint density at radius 3 is 2.87 bits per heavy atom. The molecular formula is C10H8O5. The van der Waals surface area contributed by atoms with Crippen molar-refractivity contribution >= 4 is 5.97 Å². The van der Waals surface area contributed by atoms with Crippen molar-refractivity contribution in [2.75, 3.05) is 0 Å². The van der Waals surface area contributed by atoms with Gasteiger partial charge in [0.1, 0.15) is 5.76 Å². The molecule has 0 aromatic carbocycles. The molecule has 2 aromatic rings. The summed E-state index contributed by atoms with van der Waals surface area (Å²) in [6.07, 6.45) is 3.30. The maximum absolute atomic E-state index is 11.0. The highest BCUT2D eigenvalue weighted by molar-refractivity contribution is 5.87. The maximum atomic E-state index is 11.0. The second kappa shape index (κ2) is 4.02. The third-order valence-corrected chi connectivity index (χ3v) is 1.96. The lowest BCUT2D eigenvalue weighted by atomic mass is 10.1. The van der Waals surface area contributed by atoms with Crippen LogP contribution in [-0.4, -0.2) is 11.2 Å². The molecule has 0 spiro atoms. The van der Waals surface area contributed by atoms with Gasteiger partial charge in [-0.15, -0.1) is 0 Å². The monoisotopic (exact) mass is 208 g/mol. The van der Waals surface area contributed by atoms with Gasteiger partial charge in [0.25, 0.3) is 0 Å². The minimum Gasteiger partial charge on any atom is -0.469 e. The van der Waals surface area contributed by atoms with Crippen LogP contribution < -0.4 is 0 Å². The number of furan rings is 2. The molecule has 5 heteroatoms. The van der Waals surface area contributed by atoms with Gasteiger partial charge in [0.05, 0.1) is 12.5 Å². The first kappa shape index (κ1) is 9.54. The quantitative estimate of drug-likeness (QED) is 0.617. The summed E-state index contributed by atoms with van der Waals surface area (Å²) in [6.45, 7) is 0. The normalized spacial score (nSPS) is 10.2. The molecule has 0 atom stereocenters. The zero-order valence-corrected chi connectivity index (χ0v) is 7.67. The Balaban J connectivity index is 2.22. The second-order valence-electron chi connectivity index (χ2n) is 2.91. The van der Waals surface area contributed by atoms with Gasteiger partial charge in [-0.05, 0) is 18.2 Å². The van der Waals surface area contributed by atoms with E-state index in [0.717, 1.165) is 0 Å². The van der Waals surface area contributed by atoms with E-state index in [1.807, 2.05) is 0 Å². The van der Waals surface area contributed by atoms with Crippen LogP contribution >= 0.6 is 0 Å². The van der Waals surface area contributed by atoms with Crippen molar-refractivity contribution in [3.05, 3.63) is 47.8 Å². The zero-order chi connectivity index (χ0) is 10.7. The van der Waals surface area contributed by atoms with Crippen LogP contribution in [0.2, 0.25) is 0 Å². The average Bonchev–Trinajstić information content (AvgIpc) is 2.88. The van der Waals surface area contributed by atoms with Crippen LogP contribution in [0.1, 0.15) is 21.9 Å². The van der Waals surface area contributed by atoms with Gasteiger partial charge >= 0.3 is 5.97 Å². The number of rotatable bonds is 3. The van der Waals surface area contributed by atoms with Crippen molar-refractivity contribution in [1.29, 1.82) is 0 Å². The molecule has 2 heterocycles. The van der Waals surface area contributed by atoms with Gasteiger partial charge in [0.2, 0.25) is 5.76 Å². The molecule has 0 saturated heterocycles. The largest absolute Gasteiger partial charge is 0.469 e. The van der Waals surface area contributed by atoms with Gasteiger partial charge in [-0.2, -0.15) is 5.26 Å². The molecule has 15 heavy (non-hydrogen) atoms. The van der Waals surface area contributed by atoms with Gasteiger partial charge in [-0.25, -0.2) is 4.79 Å². The highest BCUT2D eigenvalue weighted by atomic mass is 17.1. The van der Waals surface area contributed by atoms with E-state index in [4.69, 9.17) is 14.1 Å². The van der Waals surface area contributed by atoms with Gasteiger partial charge in [-0.1, -0.05) is 0 Å². The van der Waals surface area contributed by atoms with Crippen molar-refractivity contribution in [3.8, 4) is 0 Å². The molecule has 0 aliphatic heterocycles. The smallest absolute Gasteiger partial charge is 0.407 e. The Labute approximate surface area is 84.8 Å². The van der Waals surface area contributed by atoms with Crippen LogP contribution in [0, 0.1) is 0 Å². The Morgan fingerprint density at radius 1 is 1.33 bits per heavy atom. The molecule has 0 saturated carbocycles. The molecule has 0 radical (unpaired) electrons. The summed E-state index contributed by atoms with van der Waals surface area (Å²) < 4.78 is 10.0. The van der Waals surface area contributed by atoms with E-state index in [0.29, 0.717) is 17.7 Å². The highest BCUT2D eigenvalue weighted by Crippen LogP contribution is 2.16. The van der Waals surface area contributed by atoms with E-state index >= 15 is 0 Å². The fourth-order valence-electron chi connectivity index (χ4n) is 1.30. The molecular weight excluding hydrogens is 200 g/mol. The third kappa shape index (κ3) is 1.92. The predicted molar refractivity (Wildman–Crippen MR) is 48.3 cm³/mol. The third-order valence-electron chi connectivity index (χ3n) is 1.96. The first-order chi connectivity index (χ1) is 7.31. The van der Waals surface area contributed by atoms with E-state index in [2.05, 4.69) is 4.89 Å². The van der Waals surface area contributed by atoms with Crippen LogP contribution in [-0.2, 0) is 11.3 Å². The highest BCUT2D eigenvalue weighted by Gasteiger charge is 2.17. The summed E-state index contributed by atoms with van der Waals surface area (Å²) in [5.74, 6) is -0.237. The number of carbonyl (C=O) groups is 1. The van der Waals surface area contributed by atoms with Crippen LogP contribution in [0.15, 0.2) is 39.6 Å². The fraction of sp³-hybridized carbons (Fsp3) is 0.100.